The monoisotopic (exact) mass is 347 g/mol. The molecule has 6 nitrogen and oxygen atoms in total. The summed E-state index contributed by atoms with van der Waals surface area (Å²) in [6.07, 6.45) is 0.495. The first-order valence-electron chi connectivity index (χ1n) is 8.68. The minimum atomic E-state index is -0.567. The lowest BCUT2D eigenvalue weighted by molar-refractivity contribution is -0.118. The van der Waals surface area contributed by atoms with Gasteiger partial charge < -0.3 is 15.4 Å². The second-order valence-electron chi connectivity index (χ2n) is 7.75. The highest BCUT2D eigenvalue weighted by molar-refractivity contribution is 5.76. The molecule has 0 spiro atoms. The number of likely N-dealkylation sites (N-methyl/N-ethyl adjacent to an activating group) is 1. The molecule has 0 unspecified atom stereocenters. The van der Waals surface area contributed by atoms with E-state index < -0.39 is 11.5 Å². The molecule has 1 aliphatic heterocycles. The predicted octanol–water partition coefficient (Wildman–Crippen LogP) is 2.37. The van der Waals surface area contributed by atoms with Crippen LogP contribution in [-0.4, -0.2) is 53.1 Å². The van der Waals surface area contributed by atoms with E-state index in [1.807, 2.05) is 46.0 Å². The van der Waals surface area contributed by atoms with Crippen LogP contribution in [0.1, 0.15) is 39.2 Å². The summed E-state index contributed by atoms with van der Waals surface area (Å²) in [7, 11) is 2.04. The maximum absolute atomic E-state index is 12.5. The zero-order valence-corrected chi connectivity index (χ0v) is 15.6. The molecule has 138 valence electrons. The number of rotatable bonds is 5. The second-order valence-corrected chi connectivity index (χ2v) is 7.75. The van der Waals surface area contributed by atoms with E-state index in [0.717, 1.165) is 6.54 Å². The van der Waals surface area contributed by atoms with Crippen molar-refractivity contribution in [2.75, 3.05) is 13.6 Å². The molecule has 0 aromatic heterocycles. The summed E-state index contributed by atoms with van der Waals surface area (Å²) in [5.41, 5.74) is 6.02. The first-order chi connectivity index (χ1) is 11.7. The van der Waals surface area contributed by atoms with Gasteiger partial charge in [0.1, 0.15) is 5.60 Å². The third-order valence-electron chi connectivity index (χ3n) is 4.36. The van der Waals surface area contributed by atoms with Crippen molar-refractivity contribution in [3.05, 3.63) is 35.9 Å². The van der Waals surface area contributed by atoms with Crippen LogP contribution in [-0.2, 0) is 16.1 Å². The number of hydrogen-bond donors (Lipinski definition) is 1. The van der Waals surface area contributed by atoms with Gasteiger partial charge >= 0.3 is 6.09 Å². The average molecular weight is 347 g/mol. The minimum absolute atomic E-state index is 0.162. The highest BCUT2D eigenvalue weighted by atomic mass is 16.6. The first-order valence-corrected chi connectivity index (χ1v) is 8.68. The predicted molar refractivity (Wildman–Crippen MR) is 96.9 cm³/mol. The van der Waals surface area contributed by atoms with E-state index in [0.29, 0.717) is 13.0 Å². The Kier molecular flexibility index (Phi) is 6.06. The Hall–Kier alpha value is -2.08. The number of ether oxygens (including phenoxy) is 1. The van der Waals surface area contributed by atoms with Gasteiger partial charge in [0.05, 0.1) is 0 Å². The van der Waals surface area contributed by atoms with E-state index >= 15 is 0 Å². The Bertz CT molecular complexity index is 598. The van der Waals surface area contributed by atoms with Crippen LogP contribution in [0, 0.1) is 0 Å². The Morgan fingerprint density at radius 1 is 1.28 bits per heavy atom. The molecule has 0 bridgehead atoms. The molecule has 1 aliphatic rings. The largest absolute Gasteiger partial charge is 0.444 e. The molecule has 1 heterocycles. The van der Waals surface area contributed by atoms with Crippen molar-refractivity contribution >= 4 is 12.0 Å². The number of carbonyl (C=O) groups excluding carboxylic acids is 2. The number of primary amides is 1. The lowest BCUT2D eigenvalue weighted by Gasteiger charge is -2.28. The van der Waals surface area contributed by atoms with Crippen LogP contribution in [0.4, 0.5) is 4.79 Å². The molecule has 0 radical (unpaired) electrons. The third-order valence-corrected chi connectivity index (χ3v) is 4.36. The molecule has 0 aliphatic carbocycles. The summed E-state index contributed by atoms with van der Waals surface area (Å²) in [4.78, 5) is 27.8. The van der Waals surface area contributed by atoms with Gasteiger partial charge in [0, 0.05) is 31.6 Å². The van der Waals surface area contributed by atoms with Gasteiger partial charge in [-0.2, -0.15) is 0 Å². The zero-order valence-electron chi connectivity index (χ0n) is 15.6. The van der Waals surface area contributed by atoms with Crippen molar-refractivity contribution in [2.24, 2.45) is 5.73 Å². The van der Waals surface area contributed by atoms with Crippen molar-refractivity contribution < 1.29 is 14.3 Å². The van der Waals surface area contributed by atoms with Crippen molar-refractivity contribution in [3.63, 3.8) is 0 Å². The molecule has 2 N–H and O–H groups in total. The van der Waals surface area contributed by atoms with Crippen LogP contribution in [0.15, 0.2) is 30.3 Å². The van der Waals surface area contributed by atoms with Crippen LogP contribution in [0.3, 0.4) is 0 Å². The molecule has 1 saturated heterocycles. The van der Waals surface area contributed by atoms with E-state index in [1.165, 1.54) is 5.56 Å². The fourth-order valence-electron chi connectivity index (χ4n) is 3.18. The summed E-state index contributed by atoms with van der Waals surface area (Å²) >= 11 is 0. The van der Waals surface area contributed by atoms with Crippen LogP contribution < -0.4 is 5.73 Å². The van der Waals surface area contributed by atoms with Crippen molar-refractivity contribution in [1.29, 1.82) is 0 Å². The molecule has 1 fully saturated rings. The van der Waals surface area contributed by atoms with E-state index in [2.05, 4.69) is 17.0 Å². The molecular formula is C19H29N3O3. The fourth-order valence-corrected chi connectivity index (χ4v) is 3.18. The summed E-state index contributed by atoms with van der Waals surface area (Å²) in [6.45, 7) is 6.84. The van der Waals surface area contributed by atoms with Gasteiger partial charge in [-0.1, -0.05) is 30.3 Å². The first kappa shape index (κ1) is 19.2. The number of amides is 2. The highest BCUT2D eigenvalue weighted by Crippen LogP contribution is 2.26. The minimum Gasteiger partial charge on any atom is -0.444 e. The standard InChI is InChI=1S/C19H29N3O3/c1-19(2,3)25-18(24)22-13-16(10-15(22)11-17(20)23)21(4)12-14-8-6-5-7-9-14/h5-9,15-16H,10-13H2,1-4H3,(H2,20,23)/t15-,16-/m1/s1. The van der Waals surface area contributed by atoms with Gasteiger partial charge in [0.25, 0.3) is 0 Å². The Morgan fingerprint density at radius 2 is 1.92 bits per heavy atom. The molecule has 1 aromatic carbocycles. The topological polar surface area (TPSA) is 75.9 Å². The van der Waals surface area contributed by atoms with E-state index in [9.17, 15) is 9.59 Å². The van der Waals surface area contributed by atoms with Gasteiger partial charge in [-0.3, -0.25) is 9.69 Å². The van der Waals surface area contributed by atoms with E-state index in [4.69, 9.17) is 10.5 Å². The number of hydrogen-bond acceptors (Lipinski definition) is 4. The highest BCUT2D eigenvalue weighted by Gasteiger charge is 2.39. The lowest BCUT2D eigenvalue weighted by atomic mass is 10.1. The number of likely N-dealkylation sites (tertiary alicyclic amines) is 1. The quantitative estimate of drug-likeness (QED) is 0.887. The van der Waals surface area contributed by atoms with Crippen molar-refractivity contribution in [1.82, 2.24) is 9.80 Å². The van der Waals surface area contributed by atoms with Crippen LogP contribution >= 0.6 is 0 Å². The molecular weight excluding hydrogens is 318 g/mol. The Labute approximate surface area is 149 Å². The Balaban J connectivity index is 2.06. The average Bonchev–Trinajstić information content (AvgIpc) is 2.90. The van der Waals surface area contributed by atoms with Gasteiger partial charge in [0.2, 0.25) is 5.91 Å². The maximum Gasteiger partial charge on any atom is 0.410 e. The maximum atomic E-state index is 12.5. The van der Waals surface area contributed by atoms with Crippen LogP contribution in [0.25, 0.3) is 0 Å². The normalized spacial score (nSPS) is 20.8. The fraction of sp³-hybridized carbons (Fsp3) is 0.579. The van der Waals surface area contributed by atoms with E-state index in [1.54, 1.807) is 4.90 Å². The number of nitrogens with zero attached hydrogens (tertiary/aromatic N) is 2. The lowest BCUT2D eigenvalue weighted by Crippen LogP contribution is -2.42. The van der Waals surface area contributed by atoms with Gasteiger partial charge in [0.15, 0.2) is 0 Å². The van der Waals surface area contributed by atoms with E-state index in [-0.39, 0.29) is 24.6 Å². The SMILES string of the molecule is CN(Cc1ccccc1)[C@@H]1C[C@H](CC(N)=O)N(C(=O)OC(C)(C)C)C1. The molecule has 1 aromatic rings. The number of carbonyl (C=O) groups is 2. The summed E-state index contributed by atoms with van der Waals surface area (Å²) < 4.78 is 5.50. The third kappa shape index (κ3) is 5.74. The second kappa shape index (κ2) is 7.87. The summed E-state index contributed by atoms with van der Waals surface area (Å²) in [5, 5.41) is 0. The Morgan fingerprint density at radius 3 is 2.48 bits per heavy atom. The van der Waals surface area contributed by atoms with Crippen LogP contribution in [0.5, 0.6) is 0 Å². The zero-order chi connectivity index (χ0) is 18.6. The van der Waals surface area contributed by atoms with Gasteiger partial charge in [-0.15, -0.1) is 0 Å². The van der Waals surface area contributed by atoms with Crippen molar-refractivity contribution in [3.8, 4) is 0 Å². The molecule has 6 heteroatoms. The molecule has 2 rings (SSSR count). The molecule has 25 heavy (non-hydrogen) atoms. The van der Waals surface area contributed by atoms with Gasteiger partial charge in [-0.25, -0.2) is 4.79 Å². The summed E-state index contributed by atoms with van der Waals surface area (Å²) in [6, 6.07) is 10.1. The molecule has 0 saturated carbocycles. The van der Waals surface area contributed by atoms with Crippen LogP contribution in [0.2, 0.25) is 0 Å². The molecule has 2 amide bonds. The number of nitrogens with two attached hydrogens (primary N) is 1. The van der Waals surface area contributed by atoms with Gasteiger partial charge in [-0.05, 0) is 39.8 Å². The number of benzene rings is 1. The molecule has 2 atom stereocenters. The van der Waals surface area contributed by atoms with Crippen molar-refractivity contribution in [2.45, 2.75) is 57.8 Å². The smallest absolute Gasteiger partial charge is 0.410 e. The summed E-state index contributed by atoms with van der Waals surface area (Å²) in [5.74, 6) is -0.398.